The second-order valence-electron chi connectivity index (χ2n) is 8.28. The van der Waals surface area contributed by atoms with E-state index in [9.17, 15) is 8.42 Å². The molecule has 0 unspecified atom stereocenters. The first-order valence-electron chi connectivity index (χ1n) is 11.8. The lowest BCUT2D eigenvalue weighted by atomic mass is 10.2. The molecule has 1 aromatic heterocycles. The van der Waals surface area contributed by atoms with Gasteiger partial charge in [-0.3, -0.25) is 0 Å². The van der Waals surface area contributed by atoms with Crippen LogP contribution >= 0.6 is 11.6 Å². The summed E-state index contributed by atoms with van der Waals surface area (Å²) in [4.78, 5) is 4.42. The van der Waals surface area contributed by atoms with Gasteiger partial charge in [-0.1, -0.05) is 36.7 Å². The van der Waals surface area contributed by atoms with E-state index in [0.717, 1.165) is 12.0 Å². The molecule has 8 nitrogen and oxygen atoms in total. The van der Waals surface area contributed by atoms with Crippen LogP contribution in [-0.2, 0) is 16.4 Å². The highest BCUT2D eigenvalue weighted by atomic mass is 35.5. The van der Waals surface area contributed by atoms with Crippen molar-refractivity contribution >= 4 is 27.3 Å². The van der Waals surface area contributed by atoms with Gasteiger partial charge in [0.25, 0.3) is 0 Å². The van der Waals surface area contributed by atoms with Crippen molar-refractivity contribution in [2.24, 2.45) is 0 Å². The maximum absolute atomic E-state index is 13.7. The number of anilines is 1. The average Bonchev–Trinajstić information content (AvgIpc) is 3.36. The van der Waals surface area contributed by atoms with Crippen molar-refractivity contribution in [1.29, 1.82) is 0 Å². The van der Waals surface area contributed by atoms with Gasteiger partial charge in [0.15, 0.2) is 11.5 Å². The lowest BCUT2D eigenvalue weighted by Crippen LogP contribution is -2.16. The van der Waals surface area contributed by atoms with Crippen LogP contribution in [0.4, 0.5) is 5.88 Å². The SMILES string of the molecule is CCCOc1ccc(-c2nc(S(=O)(=O)c3ccc4c(c3)OCCO4)c(NCc3ccccc3Cl)o2)cc1. The fourth-order valence-corrected chi connectivity index (χ4v) is 5.25. The van der Waals surface area contributed by atoms with Crippen LogP contribution in [0.3, 0.4) is 0 Å². The number of hydrogen-bond acceptors (Lipinski definition) is 8. The van der Waals surface area contributed by atoms with E-state index < -0.39 is 9.84 Å². The molecule has 1 aliphatic rings. The molecule has 10 heteroatoms. The number of hydrogen-bond donors (Lipinski definition) is 1. The number of nitrogens with zero attached hydrogens (tertiary/aromatic N) is 1. The molecule has 1 aliphatic heterocycles. The average molecular weight is 541 g/mol. The molecule has 2 heterocycles. The number of ether oxygens (including phenoxy) is 3. The molecular formula is C27H25ClN2O6S. The van der Waals surface area contributed by atoms with Crippen molar-refractivity contribution in [3.8, 4) is 28.7 Å². The number of benzene rings is 3. The Bertz CT molecular complexity index is 1500. The van der Waals surface area contributed by atoms with Crippen molar-refractivity contribution in [2.45, 2.75) is 29.8 Å². The molecule has 0 saturated carbocycles. The van der Waals surface area contributed by atoms with Gasteiger partial charge in [0.05, 0.1) is 11.5 Å². The van der Waals surface area contributed by atoms with Gasteiger partial charge in [0.1, 0.15) is 19.0 Å². The van der Waals surface area contributed by atoms with Gasteiger partial charge in [0, 0.05) is 23.2 Å². The second kappa shape index (κ2) is 10.7. The van der Waals surface area contributed by atoms with Crippen LogP contribution in [0.25, 0.3) is 11.5 Å². The number of sulfone groups is 1. The van der Waals surface area contributed by atoms with Crippen LogP contribution in [0.1, 0.15) is 18.9 Å². The van der Waals surface area contributed by atoms with Gasteiger partial charge >= 0.3 is 0 Å². The van der Waals surface area contributed by atoms with E-state index in [1.165, 1.54) is 12.1 Å². The van der Waals surface area contributed by atoms with Gasteiger partial charge in [-0.25, -0.2) is 8.42 Å². The third kappa shape index (κ3) is 5.38. The Morgan fingerprint density at radius 1 is 1.00 bits per heavy atom. The Morgan fingerprint density at radius 3 is 2.51 bits per heavy atom. The molecule has 0 spiro atoms. The van der Waals surface area contributed by atoms with Crippen LogP contribution in [-0.4, -0.2) is 33.2 Å². The summed E-state index contributed by atoms with van der Waals surface area (Å²) >= 11 is 6.29. The monoisotopic (exact) mass is 540 g/mol. The first kappa shape index (κ1) is 25.0. The zero-order valence-electron chi connectivity index (χ0n) is 20.1. The van der Waals surface area contributed by atoms with Crippen LogP contribution in [0.2, 0.25) is 5.02 Å². The summed E-state index contributed by atoms with van der Waals surface area (Å²) < 4.78 is 50.2. The van der Waals surface area contributed by atoms with E-state index in [1.54, 1.807) is 36.4 Å². The van der Waals surface area contributed by atoms with Gasteiger partial charge < -0.3 is 23.9 Å². The molecule has 1 N–H and O–H groups in total. The van der Waals surface area contributed by atoms with Crippen LogP contribution in [0, 0.1) is 0 Å². The van der Waals surface area contributed by atoms with Gasteiger partial charge in [0.2, 0.25) is 26.6 Å². The normalized spacial score (nSPS) is 12.8. The number of aromatic nitrogens is 1. The summed E-state index contributed by atoms with van der Waals surface area (Å²) in [5.74, 6) is 1.73. The zero-order chi connectivity index (χ0) is 25.8. The third-order valence-electron chi connectivity index (χ3n) is 5.65. The Labute approximate surface area is 220 Å². The number of rotatable bonds is 9. The summed E-state index contributed by atoms with van der Waals surface area (Å²) in [5.41, 5.74) is 1.38. The fourth-order valence-electron chi connectivity index (χ4n) is 3.76. The minimum Gasteiger partial charge on any atom is -0.494 e. The third-order valence-corrected chi connectivity index (χ3v) is 7.67. The Balaban J connectivity index is 1.52. The van der Waals surface area contributed by atoms with E-state index in [-0.39, 0.29) is 28.2 Å². The minimum absolute atomic E-state index is 0.0103. The first-order chi connectivity index (χ1) is 18.0. The molecule has 5 rings (SSSR count). The number of halogens is 1. The van der Waals surface area contributed by atoms with E-state index in [1.807, 2.05) is 25.1 Å². The zero-order valence-corrected chi connectivity index (χ0v) is 21.6. The van der Waals surface area contributed by atoms with Crippen molar-refractivity contribution in [1.82, 2.24) is 4.98 Å². The molecule has 4 aromatic rings. The van der Waals surface area contributed by atoms with Gasteiger partial charge in [-0.2, -0.15) is 4.98 Å². The highest BCUT2D eigenvalue weighted by Gasteiger charge is 2.30. The molecular weight excluding hydrogens is 516 g/mol. The highest BCUT2D eigenvalue weighted by Crippen LogP contribution is 2.37. The van der Waals surface area contributed by atoms with E-state index >= 15 is 0 Å². The van der Waals surface area contributed by atoms with Crippen molar-refractivity contribution in [3.63, 3.8) is 0 Å². The van der Waals surface area contributed by atoms with E-state index in [2.05, 4.69) is 10.3 Å². The van der Waals surface area contributed by atoms with E-state index in [4.69, 9.17) is 30.2 Å². The van der Waals surface area contributed by atoms with E-state index in [0.29, 0.717) is 47.7 Å². The number of nitrogens with one attached hydrogen (secondary N) is 1. The van der Waals surface area contributed by atoms with Crippen LogP contribution < -0.4 is 19.5 Å². The van der Waals surface area contributed by atoms with Crippen molar-refractivity contribution < 1.29 is 27.0 Å². The first-order valence-corrected chi connectivity index (χ1v) is 13.7. The molecule has 0 saturated heterocycles. The molecule has 192 valence electrons. The smallest absolute Gasteiger partial charge is 0.234 e. The fraction of sp³-hybridized carbons (Fsp3) is 0.222. The summed E-state index contributed by atoms with van der Waals surface area (Å²) in [5, 5.41) is 3.38. The topological polar surface area (TPSA) is 99.9 Å². The summed E-state index contributed by atoms with van der Waals surface area (Å²) in [6.45, 7) is 3.62. The lowest BCUT2D eigenvalue weighted by Gasteiger charge is -2.18. The largest absolute Gasteiger partial charge is 0.494 e. The van der Waals surface area contributed by atoms with Gasteiger partial charge in [-0.15, -0.1) is 0 Å². The highest BCUT2D eigenvalue weighted by molar-refractivity contribution is 7.91. The van der Waals surface area contributed by atoms with Crippen molar-refractivity contribution in [3.05, 3.63) is 77.3 Å². The van der Waals surface area contributed by atoms with Gasteiger partial charge in [-0.05, 0) is 54.4 Å². The molecule has 0 bridgehead atoms. The van der Waals surface area contributed by atoms with Crippen LogP contribution in [0.5, 0.6) is 17.2 Å². The Morgan fingerprint density at radius 2 is 1.76 bits per heavy atom. The Kier molecular flexibility index (Phi) is 7.25. The maximum atomic E-state index is 13.7. The van der Waals surface area contributed by atoms with Crippen LogP contribution in [0.15, 0.2) is 81.1 Å². The molecule has 0 amide bonds. The second-order valence-corrected chi connectivity index (χ2v) is 10.6. The number of oxazole rings is 1. The summed E-state index contributed by atoms with van der Waals surface area (Å²) in [6, 6.07) is 18.9. The minimum atomic E-state index is -4.09. The predicted octanol–water partition coefficient (Wildman–Crippen LogP) is 6.00. The molecule has 0 radical (unpaired) electrons. The predicted molar refractivity (Wildman–Crippen MR) is 139 cm³/mol. The molecule has 0 atom stereocenters. The molecule has 0 aliphatic carbocycles. The summed E-state index contributed by atoms with van der Waals surface area (Å²) in [7, 11) is -4.09. The maximum Gasteiger partial charge on any atom is 0.234 e. The number of fused-ring (bicyclic) bond motifs is 1. The molecule has 37 heavy (non-hydrogen) atoms. The standard InChI is InChI=1S/C27H25ClN2O6S/c1-2-13-33-20-9-7-18(8-10-20)25-30-27(26(36-25)29-17-19-5-3-4-6-22(19)28)37(31,32)21-11-12-23-24(16-21)35-15-14-34-23/h3-12,16,29H,2,13-15,17H2,1H3. The lowest BCUT2D eigenvalue weighted by molar-refractivity contribution is 0.171. The quantitative estimate of drug-likeness (QED) is 0.276. The Hall–Kier alpha value is -3.69. The molecule has 3 aromatic carbocycles. The molecule has 0 fully saturated rings. The van der Waals surface area contributed by atoms with Crippen molar-refractivity contribution in [2.75, 3.05) is 25.1 Å². The summed E-state index contributed by atoms with van der Waals surface area (Å²) in [6.07, 6.45) is 0.892.